The smallest absolute Gasteiger partial charge is 0.244 e. The summed E-state index contributed by atoms with van der Waals surface area (Å²) >= 11 is 1.60. The quantitative estimate of drug-likeness (QED) is 0.362. The third-order valence-electron chi connectivity index (χ3n) is 5.24. The number of amides is 1. The van der Waals surface area contributed by atoms with Crippen LogP contribution in [0.4, 0.5) is 5.69 Å². The van der Waals surface area contributed by atoms with Crippen molar-refractivity contribution in [2.45, 2.75) is 19.4 Å². The van der Waals surface area contributed by atoms with Crippen molar-refractivity contribution in [3.05, 3.63) is 102 Å². The molecule has 0 bridgehead atoms. The zero-order chi connectivity index (χ0) is 21.9. The minimum Gasteiger partial charge on any atom is -0.483 e. The van der Waals surface area contributed by atoms with Gasteiger partial charge in [0.25, 0.3) is 0 Å². The first kappa shape index (κ1) is 20.2. The van der Waals surface area contributed by atoms with Gasteiger partial charge in [-0.3, -0.25) is 4.79 Å². The molecule has 5 rings (SSSR count). The van der Waals surface area contributed by atoms with Crippen molar-refractivity contribution in [2.75, 3.05) is 5.01 Å². The van der Waals surface area contributed by atoms with Gasteiger partial charge in [-0.2, -0.15) is 5.10 Å². The van der Waals surface area contributed by atoms with Gasteiger partial charge in [0.2, 0.25) is 5.91 Å². The van der Waals surface area contributed by atoms with Gasteiger partial charge < -0.3 is 4.74 Å². The Bertz CT molecular complexity index is 1270. The van der Waals surface area contributed by atoms with E-state index in [4.69, 9.17) is 14.8 Å². The van der Waals surface area contributed by atoms with Gasteiger partial charge in [-0.1, -0.05) is 60.7 Å². The summed E-state index contributed by atoms with van der Waals surface area (Å²) < 4.78 is 6.31. The maximum absolute atomic E-state index is 12.4. The molecule has 1 aromatic heterocycles. The van der Waals surface area contributed by atoms with Gasteiger partial charge >= 0.3 is 0 Å². The van der Waals surface area contributed by atoms with Crippen molar-refractivity contribution >= 4 is 28.6 Å². The molecule has 0 radical (unpaired) electrons. The predicted molar refractivity (Wildman–Crippen MR) is 128 cm³/mol. The van der Waals surface area contributed by atoms with Gasteiger partial charge in [-0.15, -0.1) is 11.3 Å². The van der Waals surface area contributed by atoms with Crippen LogP contribution in [0.3, 0.4) is 0 Å². The van der Waals surface area contributed by atoms with Gasteiger partial charge in [0.15, 0.2) is 0 Å². The monoisotopic (exact) mass is 439 g/mol. The molecule has 158 valence electrons. The van der Waals surface area contributed by atoms with Crippen LogP contribution in [0.1, 0.15) is 30.7 Å². The molecule has 0 fully saturated rings. The lowest BCUT2D eigenvalue weighted by molar-refractivity contribution is -0.116. The van der Waals surface area contributed by atoms with E-state index in [-0.39, 0.29) is 12.0 Å². The van der Waals surface area contributed by atoms with Gasteiger partial charge in [-0.05, 0) is 24.3 Å². The highest BCUT2D eigenvalue weighted by Crippen LogP contribution is 2.37. The van der Waals surface area contributed by atoms with Crippen molar-refractivity contribution in [1.29, 1.82) is 0 Å². The topological polar surface area (TPSA) is 54.8 Å². The van der Waals surface area contributed by atoms with Crippen molar-refractivity contribution in [3.8, 4) is 16.3 Å². The fourth-order valence-electron chi connectivity index (χ4n) is 3.70. The van der Waals surface area contributed by atoms with Gasteiger partial charge in [-0.25, -0.2) is 9.99 Å². The Morgan fingerprint density at radius 1 is 1.00 bits per heavy atom. The Balaban J connectivity index is 1.52. The molecule has 32 heavy (non-hydrogen) atoms. The molecule has 1 amide bonds. The number of hydrogen-bond acceptors (Lipinski definition) is 5. The first-order valence-electron chi connectivity index (χ1n) is 10.4. The SMILES string of the molecule is CC(=O)N(/N=C1\CC(c2csc(-c3ccccc3)n2)Oc2ccccc21)c1ccccc1. The molecule has 1 atom stereocenters. The highest BCUT2D eigenvalue weighted by Gasteiger charge is 2.29. The molecule has 0 spiro atoms. The lowest BCUT2D eigenvalue weighted by Crippen LogP contribution is -2.28. The van der Waals surface area contributed by atoms with E-state index >= 15 is 0 Å². The molecule has 1 unspecified atom stereocenters. The third-order valence-corrected chi connectivity index (χ3v) is 6.15. The van der Waals surface area contributed by atoms with Crippen molar-refractivity contribution in [2.24, 2.45) is 5.10 Å². The van der Waals surface area contributed by atoms with E-state index in [1.807, 2.05) is 78.2 Å². The van der Waals surface area contributed by atoms with Crippen LogP contribution in [0, 0.1) is 0 Å². The number of benzene rings is 3. The first-order valence-corrected chi connectivity index (χ1v) is 11.3. The molecule has 2 heterocycles. The molecular formula is C26H21N3O2S. The number of hydrazone groups is 1. The second-order valence-electron chi connectivity index (χ2n) is 7.46. The Kier molecular flexibility index (Phi) is 5.52. The fraction of sp³-hybridized carbons (Fsp3) is 0.115. The summed E-state index contributed by atoms with van der Waals surface area (Å²) in [6.07, 6.45) is 0.243. The van der Waals surface area contributed by atoms with Gasteiger partial charge in [0.1, 0.15) is 16.9 Å². The molecule has 0 aliphatic carbocycles. The zero-order valence-corrected chi connectivity index (χ0v) is 18.3. The maximum Gasteiger partial charge on any atom is 0.244 e. The number of aromatic nitrogens is 1. The summed E-state index contributed by atoms with van der Waals surface area (Å²) in [5.74, 6) is 0.595. The molecule has 0 saturated heterocycles. The number of hydrogen-bond donors (Lipinski definition) is 0. The van der Waals surface area contributed by atoms with Gasteiger partial charge in [0, 0.05) is 29.9 Å². The standard InChI is InChI=1S/C26H21N3O2S/c1-18(30)29(20-12-6-3-7-13-20)28-22-16-25(31-24-15-9-8-14-21(22)24)23-17-32-26(27-23)19-10-4-2-5-11-19/h2-15,17,25H,16H2,1H3/b28-22+. The van der Waals surface area contributed by atoms with Crippen LogP contribution >= 0.6 is 11.3 Å². The average molecular weight is 440 g/mol. The van der Waals surface area contributed by atoms with Crippen LogP contribution < -0.4 is 9.75 Å². The number of anilines is 1. The maximum atomic E-state index is 12.4. The average Bonchev–Trinajstić information content (AvgIpc) is 3.34. The Morgan fingerprint density at radius 3 is 2.44 bits per heavy atom. The number of ether oxygens (including phenoxy) is 1. The molecule has 5 nitrogen and oxygen atoms in total. The molecule has 1 aliphatic rings. The second-order valence-corrected chi connectivity index (χ2v) is 8.32. The summed E-state index contributed by atoms with van der Waals surface area (Å²) in [5, 5.41) is 9.23. The van der Waals surface area contributed by atoms with Crippen LogP contribution in [0.25, 0.3) is 10.6 Å². The van der Waals surface area contributed by atoms with Crippen LogP contribution in [0.5, 0.6) is 5.75 Å². The molecule has 6 heteroatoms. The van der Waals surface area contributed by atoms with E-state index in [2.05, 4.69) is 12.1 Å². The number of rotatable bonds is 4. The molecule has 1 aliphatic heterocycles. The molecule has 0 saturated carbocycles. The van der Waals surface area contributed by atoms with Crippen LogP contribution in [-0.2, 0) is 4.79 Å². The Hall–Kier alpha value is -3.77. The zero-order valence-electron chi connectivity index (χ0n) is 17.5. The van der Waals surface area contributed by atoms with Crippen LogP contribution in [0.2, 0.25) is 0 Å². The molecule has 0 N–H and O–H groups in total. The van der Waals surface area contributed by atoms with E-state index in [0.29, 0.717) is 6.42 Å². The van der Waals surface area contributed by atoms with Crippen LogP contribution in [-0.4, -0.2) is 16.6 Å². The number of para-hydroxylation sites is 2. The molecule has 4 aromatic rings. The third kappa shape index (κ3) is 4.05. The first-order chi connectivity index (χ1) is 15.7. The van der Waals surface area contributed by atoms with Crippen LogP contribution in [0.15, 0.2) is 95.4 Å². The summed E-state index contributed by atoms with van der Waals surface area (Å²) in [4.78, 5) is 17.3. The number of carbonyl (C=O) groups excluding carboxylic acids is 1. The van der Waals surface area contributed by atoms with Crippen molar-refractivity contribution < 1.29 is 9.53 Å². The summed E-state index contributed by atoms with van der Waals surface area (Å²) in [6.45, 7) is 1.52. The Labute approximate surface area is 190 Å². The number of nitrogens with zero attached hydrogens (tertiary/aromatic N) is 3. The number of carbonyl (C=O) groups is 1. The molecular weight excluding hydrogens is 418 g/mol. The van der Waals surface area contributed by atoms with Crippen molar-refractivity contribution in [1.82, 2.24) is 4.98 Å². The lowest BCUT2D eigenvalue weighted by atomic mass is 9.98. The fourth-order valence-corrected chi connectivity index (χ4v) is 4.56. The molecule has 3 aromatic carbocycles. The van der Waals surface area contributed by atoms with Crippen molar-refractivity contribution in [3.63, 3.8) is 0 Å². The summed E-state index contributed by atoms with van der Waals surface area (Å²) in [5.41, 5.74) is 4.37. The van der Waals surface area contributed by atoms with E-state index in [9.17, 15) is 4.79 Å². The number of fused-ring (bicyclic) bond motifs is 1. The largest absolute Gasteiger partial charge is 0.483 e. The Morgan fingerprint density at radius 2 is 1.69 bits per heavy atom. The number of thiazole rings is 1. The summed E-state index contributed by atoms with van der Waals surface area (Å²) in [7, 11) is 0. The highest BCUT2D eigenvalue weighted by atomic mass is 32.1. The van der Waals surface area contributed by atoms with E-state index in [1.54, 1.807) is 11.3 Å². The minimum atomic E-state index is -0.276. The van der Waals surface area contributed by atoms with E-state index < -0.39 is 0 Å². The normalized spacial score (nSPS) is 16.3. The lowest BCUT2D eigenvalue weighted by Gasteiger charge is -2.27. The van der Waals surface area contributed by atoms with E-state index in [1.165, 1.54) is 11.9 Å². The highest BCUT2D eigenvalue weighted by molar-refractivity contribution is 7.13. The van der Waals surface area contributed by atoms with Gasteiger partial charge in [0.05, 0.1) is 17.1 Å². The second kappa shape index (κ2) is 8.77. The predicted octanol–water partition coefficient (Wildman–Crippen LogP) is 6.09. The minimum absolute atomic E-state index is 0.149. The van der Waals surface area contributed by atoms with E-state index in [0.717, 1.165) is 39.0 Å². The summed E-state index contributed by atoms with van der Waals surface area (Å²) in [6, 6.07) is 27.4.